The molecule has 1 amide bonds. The average Bonchev–Trinajstić information content (AvgIpc) is 2.46. The first-order valence-corrected chi connectivity index (χ1v) is 7.37. The fourth-order valence-electron chi connectivity index (χ4n) is 2.24. The molecule has 2 aromatic rings. The molecule has 0 spiro atoms. The van der Waals surface area contributed by atoms with Gasteiger partial charge in [-0.1, -0.05) is 18.2 Å². The Bertz CT molecular complexity index is 652. The lowest BCUT2D eigenvalue weighted by atomic mass is 10.1. The molecule has 2 rings (SSSR count). The van der Waals surface area contributed by atoms with E-state index in [1.807, 2.05) is 57.2 Å². The average molecular weight is 295 g/mol. The number of rotatable bonds is 5. The fraction of sp³-hybridized carbons (Fsp3) is 0.211. The first kappa shape index (κ1) is 15.8. The Balaban J connectivity index is 1.98. The van der Waals surface area contributed by atoms with Gasteiger partial charge in [0.15, 0.2) is 0 Å². The monoisotopic (exact) mass is 295 g/mol. The van der Waals surface area contributed by atoms with E-state index in [0.717, 1.165) is 28.1 Å². The van der Waals surface area contributed by atoms with Gasteiger partial charge in [0, 0.05) is 11.8 Å². The molecule has 0 atom stereocenters. The summed E-state index contributed by atoms with van der Waals surface area (Å²) in [7, 11) is 0. The summed E-state index contributed by atoms with van der Waals surface area (Å²) in [5.74, 6) is 0.693. The largest absolute Gasteiger partial charge is 0.494 e. The number of benzene rings is 2. The molecule has 0 heterocycles. The normalized spacial score (nSPS) is 10.7. The molecule has 0 radical (unpaired) electrons. The highest BCUT2D eigenvalue weighted by Gasteiger charge is 2.00. The molecule has 3 heteroatoms. The number of nitrogens with one attached hydrogen (secondary N) is 1. The van der Waals surface area contributed by atoms with Crippen LogP contribution in [0.15, 0.2) is 48.5 Å². The minimum atomic E-state index is -0.140. The Morgan fingerprint density at radius 2 is 1.73 bits per heavy atom. The zero-order valence-corrected chi connectivity index (χ0v) is 13.2. The van der Waals surface area contributed by atoms with E-state index in [2.05, 4.69) is 11.4 Å². The molecule has 0 aromatic heterocycles. The number of hydrogen-bond acceptors (Lipinski definition) is 2. The Labute approximate surface area is 131 Å². The van der Waals surface area contributed by atoms with Gasteiger partial charge < -0.3 is 10.1 Å². The van der Waals surface area contributed by atoms with Crippen molar-refractivity contribution in [3.05, 3.63) is 65.2 Å². The molecule has 0 aliphatic carbocycles. The first-order chi connectivity index (χ1) is 10.6. The Hall–Kier alpha value is -2.55. The van der Waals surface area contributed by atoms with E-state index in [1.165, 1.54) is 6.08 Å². The van der Waals surface area contributed by atoms with Crippen molar-refractivity contribution in [2.24, 2.45) is 0 Å². The third-order valence-corrected chi connectivity index (χ3v) is 3.11. The van der Waals surface area contributed by atoms with E-state index in [-0.39, 0.29) is 5.91 Å². The van der Waals surface area contributed by atoms with Gasteiger partial charge in [0.2, 0.25) is 5.91 Å². The Kier molecular flexibility index (Phi) is 5.37. The van der Waals surface area contributed by atoms with Gasteiger partial charge in [0.1, 0.15) is 5.75 Å². The van der Waals surface area contributed by atoms with Crippen molar-refractivity contribution in [2.45, 2.75) is 20.8 Å². The quantitative estimate of drug-likeness (QED) is 0.833. The second-order valence-electron chi connectivity index (χ2n) is 5.20. The summed E-state index contributed by atoms with van der Waals surface area (Å²) in [4.78, 5) is 12.0. The molecule has 1 N–H and O–H groups in total. The second kappa shape index (κ2) is 7.46. The van der Waals surface area contributed by atoms with Crippen LogP contribution in [-0.4, -0.2) is 12.5 Å². The van der Waals surface area contributed by atoms with Gasteiger partial charge in [-0.2, -0.15) is 0 Å². The summed E-state index contributed by atoms with van der Waals surface area (Å²) in [5.41, 5.74) is 4.04. The number of aryl methyl sites for hydroxylation is 2. The topological polar surface area (TPSA) is 38.3 Å². The molecule has 0 aliphatic heterocycles. The molecule has 0 aliphatic rings. The number of ether oxygens (including phenoxy) is 1. The molecule has 0 bridgehead atoms. The zero-order chi connectivity index (χ0) is 15.9. The van der Waals surface area contributed by atoms with Gasteiger partial charge in [-0.15, -0.1) is 0 Å². The van der Waals surface area contributed by atoms with Crippen LogP contribution in [0.2, 0.25) is 0 Å². The van der Waals surface area contributed by atoms with E-state index < -0.39 is 0 Å². The molecule has 3 nitrogen and oxygen atoms in total. The molecule has 22 heavy (non-hydrogen) atoms. The number of carbonyl (C=O) groups is 1. The number of carbonyl (C=O) groups excluding carboxylic acids is 1. The zero-order valence-electron chi connectivity index (χ0n) is 13.2. The van der Waals surface area contributed by atoms with Crippen molar-refractivity contribution in [1.29, 1.82) is 0 Å². The van der Waals surface area contributed by atoms with Gasteiger partial charge in [0.05, 0.1) is 6.61 Å². The molecular formula is C19H21NO2. The van der Waals surface area contributed by atoms with Crippen molar-refractivity contribution < 1.29 is 9.53 Å². The van der Waals surface area contributed by atoms with Crippen LogP contribution in [0.4, 0.5) is 5.69 Å². The van der Waals surface area contributed by atoms with Crippen molar-refractivity contribution in [1.82, 2.24) is 0 Å². The van der Waals surface area contributed by atoms with Crippen LogP contribution >= 0.6 is 0 Å². The fourth-order valence-corrected chi connectivity index (χ4v) is 2.24. The standard InChI is InChI=1S/C19H21NO2/c1-4-22-18-8-5-16(6-9-18)7-10-19(21)20-17-12-14(2)11-15(3)13-17/h5-13H,4H2,1-3H3,(H,20,21). The van der Waals surface area contributed by atoms with Crippen LogP contribution in [0.5, 0.6) is 5.75 Å². The van der Waals surface area contributed by atoms with E-state index in [4.69, 9.17) is 4.74 Å². The lowest BCUT2D eigenvalue weighted by Crippen LogP contribution is -2.08. The predicted molar refractivity (Wildman–Crippen MR) is 91.2 cm³/mol. The van der Waals surface area contributed by atoms with Crippen LogP contribution in [0.3, 0.4) is 0 Å². The molecule has 2 aromatic carbocycles. The summed E-state index contributed by atoms with van der Waals surface area (Å²) in [6, 6.07) is 13.6. The van der Waals surface area contributed by atoms with Gasteiger partial charge >= 0.3 is 0 Å². The number of hydrogen-bond donors (Lipinski definition) is 1. The third-order valence-electron chi connectivity index (χ3n) is 3.11. The summed E-state index contributed by atoms with van der Waals surface area (Å²) < 4.78 is 5.38. The minimum Gasteiger partial charge on any atom is -0.494 e. The SMILES string of the molecule is CCOc1ccc(C=CC(=O)Nc2cc(C)cc(C)c2)cc1. The van der Waals surface area contributed by atoms with Gasteiger partial charge in [-0.25, -0.2) is 0 Å². The highest BCUT2D eigenvalue weighted by atomic mass is 16.5. The first-order valence-electron chi connectivity index (χ1n) is 7.37. The van der Waals surface area contributed by atoms with E-state index >= 15 is 0 Å². The summed E-state index contributed by atoms with van der Waals surface area (Å²) in [6.07, 6.45) is 3.32. The van der Waals surface area contributed by atoms with E-state index in [0.29, 0.717) is 6.61 Å². The van der Waals surface area contributed by atoms with Crippen LogP contribution in [0, 0.1) is 13.8 Å². The molecule has 0 saturated carbocycles. The molecule has 0 unspecified atom stereocenters. The predicted octanol–water partition coefficient (Wildman–Crippen LogP) is 4.35. The van der Waals surface area contributed by atoms with Gasteiger partial charge in [0.25, 0.3) is 0 Å². The van der Waals surface area contributed by atoms with Gasteiger partial charge in [-0.05, 0) is 67.8 Å². The molecule has 0 fully saturated rings. The van der Waals surface area contributed by atoms with Crippen molar-refractivity contribution >= 4 is 17.7 Å². The Morgan fingerprint density at radius 3 is 2.32 bits per heavy atom. The molecular weight excluding hydrogens is 274 g/mol. The smallest absolute Gasteiger partial charge is 0.248 e. The second-order valence-corrected chi connectivity index (χ2v) is 5.20. The number of amides is 1. The maximum atomic E-state index is 12.0. The van der Waals surface area contributed by atoms with E-state index in [9.17, 15) is 4.79 Å². The number of anilines is 1. The maximum Gasteiger partial charge on any atom is 0.248 e. The lowest BCUT2D eigenvalue weighted by molar-refractivity contribution is -0.111. The highest BCUT2D eigenvalue weighted by molar-refractivity contribution is 6.02. The summed E-state index contributed by atoms with van der Waals surface area (Å²) in [6.45, 7) is 6.62. The lowest BCUT2D eigenvalue weighted by Gasteiger charge is -2.05. The van der Waals surface area contributed by atoms with Crippen molar-refractivity contribution in [2.75, 3.05) is 11.9 Å². The van der Waals surface area contributed by atoms with Crippen LogP contribution in [0.25, 0.3) is 6.08 Å². The highest BCUT2D eigenvalue weighted by Crippen LogP contribution is 2.15. The van der Waals surface area contributed by atoms with Crippen molar-refractivity contribution in [3.8, 4) is 5.75 Å². The Morgan fingerprint density at radius 1 is 1.09 bits per heavy atom. The van der Waals surface area contributed by atoms with Crippen molar-refractivity contribution in [3.63, 3.8) is 0 Å². The van der Waals surface area contributed by atoms with Crippen LogP contribution in [0.1, 0.15) is 23.6 Å². The van der Waals surface area contributed by atoms with E-state index in [1.54, 1.807) is 6.08 Å². The van der Waals surface area contributed by atoms with Gasteiger partial charge in [-0.3, -0.25) is 4.79 Å². The molecule has 114 valence electrons. The minimum absolute atomic E-state index is 0.140. The maximum absolute atomic E-state index is 12.0. The summed E-state index contributed by atoms with van der Waals surface area (Å²) in [5, 5.41) is 2.88. The third kappa shape index (κ3) is 4.77. The van der Waals surface area contributed by atoms with Crippen LogP contribution in [-0.2, 0) is 4.79 Å². The summed E-state index contributed by atoms with van der Waals surface area (Å²) >= 11 is 0. The van der Waals surface area contributed by atoms with Crippen LogP contribution < -0.4 is 10.1 Å². The molecule has 0 saturated heterocycles.